The van der Waals surface area contributed by atoms with E-state index in [1.807, 2.05) is 4.90 Å². The van der Waals surface area contributed by atoms with Crippen LogP contribution in [0, 0.1) is 0 Å². The molecule has 1 fully saturated rings. The Morgan fingerprint density at radius 2 is 1.96 bits per heavy atom. The minimum absolute atomic E-state index is 0.0660. The standard InChI is InChI=1S/C18H21F2N3O2/c1-18(19,20)17(25)22-15(21)11-7-8-12-10-23(16(24)14(12)9-11)13-5-3-2-4-6-13/h7-9,13H,2-6,10H2,1H3,(H2,21,22,25). The number of nitrogens with zero attached hydrogens (tertiary/aromatic N) is 2. The smallest absolute Gasteiger partial charge is 0.324 e. The van der Waals surface area contributed by atoms with Crippen LogP contribution in [0.2, 0.25) is 0 Å². The molecular weight excluding hydrogens is 328 g/mol. The average molecular weight is 349 g/mol. The second-order valence-electron chi connectivity index (χ2n) is 6.79. The van der Waals surface area contributed by atoms with Gasteiger partial charge in [-0.25, -0.2) is 0 Å². The summed E-state index contributed by atoms with van der Waals surface area (Å²) in [5, 5.41) is 0. The van der Waals surface area contributed by atoms with Crippen molar-refractivity contribution >= 4 is 17.6 Å². The monoisotopic (exact) mass is 349 g/mol. The lowest BCUT2D eigenvalue weighted by Gasteiger charge is -2.30. The van der Waals surface area contributed by atoms with Gasteiger partial charge in [0.2, 0.25) is 0 Å². The molecule has 134 valence electrons. The molecule has 1 aliphatic heterocycles. The van der Waals surface area contributed by atoms with Crippen LogP contribution >= 0.6 is 0 Å². The first-order chi connectivity index (χ1) is 11.8. The molecular formula is C18H21F2N3O2. The molecule has 2 aliphatic rings. The number of amides is 2. The number of rotatable bonds is 3. The van der Waals surface area contributed by atoms with Crippen molar-refractivity contribution in [2.75, 3.05) is 0 Å². The number of nitrogens with two attached hydrogens (primary N) is 1. The Kier molecular flexibility index (Phi) is 4.58. The molecule has 3 rings (SSSR count). The zero-order chi connectivity index (χ0) is 18.2. The van der Waals surface area contributed by atoms with Crippen LogP contribution in [-0.2, 0) is 11.3 Å². The van der Waals surface area contributed by atoms with Gasteiger partial charge in [-0.1, -0.05) is 31.4 Å². The third-order valence-electron chi connectivity index (χ3n) is 4.85. The number of benzene rings is 1. The van der Waals surface area contributed by atoms with Crippen LogP contribution in [0.15, 0.2) is 23.2 Å². The largest absolute Gasteiger partial charge is 0.383 e. The van der Waals surface area contributed by atoms with Crippen LogP contribution in [0.3, 0.4) is 0 Å². The second kappa shape index (κ2) is 6.54. The van der Waals surface area contributed by atoms with Crippen molar-refractivity contribution in [2.24, 2.45) is 10.7 Å². The van der Waals surface area contributed by atoms with E-state index in [4.69, 9.17) is 5.73 Å². The van der Waals surface area contributed by atoms with Crippen molar-refractivity contribution in [1.82, 2.24) is 4.90 Å². The zero-order valence-electron chi connectivity index (χ0n) is 14.1. The summed E-state index contributed by atoms with van der Waals surface area (Å²) in [7, 11) is 0. The minimum atomic E-state index is -3.57. The molecule has 0 saturated heterocycles. The van der Waals surface area contributed by atoms with E-state index in [0.717, 1.165) is 31.2 Å². The summed E-state index contributed by atoms with van der Waals surface area (Å²) < 4.78 is 25.9. The van der Waals surface area contributed by atoms with Gasteiger partial charge in [-0.3, -0.25) is 9.59 Å². The minimum Gasteiger partial charge on any atom is -0.383 e. The maximum absolute atomic E-state index is 13.0. The van der Waals surface area contributed by atoms with Gasteiger partial charge in [-0.05, 0) is 24.5 Å². The van der Waals surface area contributed by atoms with Gasteiger partial charge in [0.1, 0.15) is 5.84 Å². The molecule has 1 heterocycles. The summed E-state index contributed by atoms with van der Waals surface area (Å²) in [6, 6.07) is 5.16. The molecule has 0 bridgehead atoms. The normalized spacial score (nSPS) is 19.2. The molecule has 1 aromatic carbocycles. The highest BCUT2D eigenvalue weighted by Gasteiger charge is 2.34. The summed E-state index contributed by atoms with van der Waals surface area (Å²) in [5.41, 5.74) is 7.38. The van der Waals surface area contributed by atoms with Gasteiger partial charge >= 0.3 is 11.8 Å². The number of alkyl halides is 2. The highest BCUT2D eigenvalue weighted by Crippen LogP contribution is 2.31. The van der Waals surface area contributed by atoms with Gasteiger partial charge in [-0.15, -0.1) is 0 Å². The van der Waals surface area contributed by atoms with E-state index < -0.39 is 11.8 Å². The maximum Gasteiger partial charge on any atom is 0.324 e. The fraction of sp³-hybridized carbons (Fsp3) is 0.500. The third kappa shape index (κ3) is 3.55. The lowest BCUT2D eigenvalue weighted by atomic mass is 9.94. The van der Waals surface area contributed by atoms with E-state index in [1.165, 1.54) is 6.42 Å². The van der Waals surface area contributed by atoms with E-state index in [-0.39, 0.29) is 17.8 Å². The highest BCUT2D eigenvalue weighted by atomic mass is 19.3. The second-order valence-corrected chi connectivity index (χ2v) is 6.79. The summed E-state index contributed by atoms with van der Waals surface area (Å²) >= 11 is 0. The number of halogens is 2. The predicted octanol–water partition coefficient (Wildman–Crippen LogP) is 2.86. The van der Waals surface area contributed by atoms with Gasteiger partial charge in [0, 0.05) is 30.6 Å². The Bertz CT molecular complexity index is 734. The molecule has 7 heteroatoms. The van der Waals surface area contributed by atoms with Gasteiger partial charge in [-0.2, -0.15) is 13.8 Å². The highest BCUT2D eigenvalue weighted by molar-refractivity contribution is 6.07. The van der Waals surface area contributed by atoms with Crippen molar-refractivity contribution < 1.29 is 18.4 Å². The molecule has 0 spiro atoms. The summed E-state index contributed by atoms with van der Waals surface area (Å²) in [6.45, 7) is 1.03. The number of amidine groups is 1. The molecule has 2 amide bonds. The Balaban J connectivity index is 1.82. The molecule has 1 aliphatic carbocycles. The molecule has 0 unspecified atom stereocenters. The molecule has 5 nitrogen and oxygen atoms in total. The Hall–Kier alpha value is -2.31. The van der Waals surface area contributed by atoms with Crippen molar-refractivity contribution in [2.45, 2.75) is 57.5 Å². The number of hydrogen-bond donors (Lipinski definition) is 1. The SMILES string of the molecule is CC(F)(F)C(=O)N=C(N)c1ccc2c(c1)C(=O)N(C1CCCCC1)C2. The van der Waals surface area contributed by atoms with E-state index >= 15 is 0 Å². The molecule has 1 saturated carbocycles. The van der Waals surface area contributed by atoms with Crippen molar-refractivity contribution in [3.8, 4) is 0 Å². The van der Waals surface area contributed by atoms with Gasteiger partial charge in [0.25, 0.3) is 5.91 Å². The van der Waals surface area contributed by atoms with Gasteiger partial charge in [0.05, 0.1) is 0 Å². The number of aliphatic imine (C=N–C) groups is 1. The molecule has 0 aromatic heterocycles. The van der Waals surface area contributed by atoms with Crippen LogP contribution in [0.5, 0.6) is 0 Å². The van der Waals surface area contributed by atoms with E-state index in [9.17, 15) is 18.4 Å². The van der Waals surface area contributed by atoms with Crippen LogP contribution in [-0.4, -0.2) is 34.5 Å². The van der Waals surface area contributed by atoms with Crippen molar-refractivity contribution in [3.63, 3.8) is 0 Å². The summed E-state index contributed by atoms with van der Waals surface area (Å²) in [6.07, 6.45) is 5.48. The molecule has 2 N–H and O–H groups in total. The molecule has 0 radical (unpaired) electrons. The maximum atomic E-state index is 13.0. The summed E-state index contributed by atoms with van der Waals surface area (Å²) in [4.78, 5) is 29.2. The van der Waals surface area contributed by atoms with Crippen LogP contribution in [0.25, 0.3) is 0 Å². The number of fused-ring (bicyclic) bond motifs is 1. The van der Waals surface area contributed by atoms with E-state index in [0.29, 0.717) is 24.6 Å². The quantitative estimate of drug-likeness (QED) is 0.673. The van der Waals surface area contributed by atoms with E-state index in [1.54, 1.807) is 18.2 Å². The van der Waals surface area contributed by atoms with E-state index in [2.05, 4.69) is 4.99 Å². The van der Waals surface area contributed by atoms with Crippen LogP contribution < -0.4 is 5.73 Å². The molecule has 1 aromatic rings. The Labute approximate surface area is 144 Å². The van der Waals surface area contributed by atoms with Crippen molar-refractivity contribution in [1.29, 1.82) is 0 Å². The van der Waals surface area contributed by atoms with Crippen LogP contribution in [0.4, 0.5) is 8.78 Å². The topological polar surface area (TPSA) is 75.8 Å². The number of hydrogen-bond acceptors (Lipinski definition) is 2. The van der Waals surface area contributed by atoms with Gasteiger partial charge < -0.3 is 10.6 Å². The molecule has 0 atom stereocenters. The Morgan fingerprint density at radius 3 is 2.60 bits per heavy atom. The molecule has 25 heavy (non-hydrogen) atoms. The van der Waals surface area contributed by atoms with Crippen molar-refractivity contribution in [3.05, 3.63) is 34.9 Å². The first kappa shape index (κ1) is 17.5. The lowest BCUT2D eigenvalue weighted by molar-refractivity contribution is -0.139. The first-order valence-electron chi connectivity index (χ1n) is 8.48. The fourth-order valence-corrected chi connectivity index (χ4v) is 3.44. The van der Waals surface area contributed by atoms with Crippen LogP contribution in [0.1, 0.15) is 60.5 Å². The predicted molar refractivity (Wildman–Crippen MR) is 89.5 cm³/mol. The Morgan fingerprint density at radius 1 is 1.28 bits per heavy atom. The zero-order valence-corrected chi connectivity index (χ0v) is 14.1. The number of carbonyl (C=O) groups excluding carboxylic acids is 2. The van der Waals surface area contributed by atoms with Gasteiger partial charge in [0.15, 0.2) is 0 Å². The lowest BCUT2D eigenvalue weighted by Crippen LogP contribution is -2.36. The average Bonchev–Trinajstić information content (AvgIpc) is 2.91. The number of carbonyl (C=O) groups is 2. The third-order valence-corrected chi connectivity index (χ3v) is 4.85. The fourth-order valence-electron chi connectivity index (χ4n) is 3.44. The summed E-state index contributed by atoms with van der Waals surface area (Å²) in [5.74, 6) is -5.54. The first-order valence-corrected chi connectivity index (χ1v) is 8.48.